The van der Waals surface area contributed by atoms with Crippen molar-refractivity contribution < 1.29 is 14.5 Å². The third-order valence-electron chi connectivity index (χ3n) is 4.33. The third-order valence-corrected chi connectivity index (χ3v) is 4.33. The zero-order chi connectivity index (χ0) is 17.7. The van der Waals surface area contributed by atoms with Gasteiger partial charge in [0.15, 0.2) is 5.78 Å². The summed E-state index contributed by atoms with van der Waals surface area (Å²) in [5, 5.41) is 11.5. The summed E-state index contributed by atoms with van der Waals surface area (Å²) in [5.41, 5.74) is 0.0518. The van der Waals surface area contributed by atoms with Gasteiger partial charge in [0.05, 0.1) is 13.0 Å². The highest BCUT2D eigenvalue weighted by Crippen LogP contribution is 2.35. The molecule has 2 aromatic rings. The van der Waals surface area contributed by atoms with Crippen LogP contribution in [0.5, 0.6) is 5.75 Å². The fourth-order valence-electron chi connectivity index (χ4n) is 2.67. The van der Waals surface area contributed by atoms with E-state index < -0.39 is 11.5 Å². The van der Waals surface area contributed by atoms with Crippen LogP contribution in [0.1, 0.15) is 42.1 Å². The first-order chi connectivity index (χ1) is 11.4. The van der Waals surface area contributed by atoms with Crippen molar-refractivity contribution in [1.82, 2.24) is 0 Å². The lowest BCUT2D eigenvalue weighted by Gasteiger charge is -2.27. The van der Waals surface area contributed by atoms with Gasteiger partial charge in [-0.05, 0) is 17.7 Å². The Labute approximate surface area is 141 Å². The fourth-order valence-corrected chi connectivity index (χ4v) is 2.67. The van der Waals surface area contributed by atoms with E-state index in [0.29, 0.717) is 11.3 Å². The van der Waals surface area contributed by atoms with Gasteiger partial charge in [-0.25, -0.2) is 0 Å². The van der Waals surface area contributed by atoms with Crippen LogP contribution < -0.4 is 4.74 Å². The number of ether oxygens (including phenoxy) is 1. The van der Waals surface area contributed by atoms with Gasteiger partial charge in [0.1, 0.15) is 5.75 Å². The highest BCUT2D eigenvalue weighted by molar-refractivity contribution is 5.96. The van der Waals surface area contributed by atoms with Gasteiger partial charge < -0.3 is 4.74 Å². The van der Waals surface area contributed by atoms with Crippen LogP contribution in [-0.4, -0.2) is 23.4 Å². The zero-order valence-electron chi connectivity index (χ0n) is 14.1. The molecule has 0 spiro atoms. The smallest absolute Gasteiger partial charge is 0.223 e. The van der Waals surface area contributed by atoms with Crippen LogP contribution in [-0.2, 0) is 0 Å². The lowest BCUT2D eigenvalue weighted by atomic mass is 9.78. The summed E-state index contributed by atoms with van der Waals surface area (Å²) in [6, 6.07) is 15.9. The van der Waals surface area contributed by atoms with Gasteiger partial charge in [0.2, 0.25) is 5.54 Å². The lowest BCUT2D eigenvalue weighted by Crippen LogP contribution is -2.39. The molecule has 126 valence electrons. The van der Waals surface area contributed by atoms with Crippen molar-refractivity contribution in [2.24, 2.45) is 0 Å². The molecule has 5 heteroatoms. The van der Waals surface area contributed by atoms with E-state index in [1.165, 1.54) is 0 Å². The Kier molecular flexibility index (Phi) is 5.34. The van der Waals surface area contributed by atoms with Crippen LogP contribution in [0.4, 0.5) is 0 Å². The fraction of sp³-hybridized carbons (Fsp3) is 0.316. The largest absolute Gasteiger partial charge is 0.497 e. The Hall–Kier alpha value is -2.69. The SMILES string of the molecule is COc1ccc(C(CC(=O)c2ccccc2)C(C)(C)[N+](=O)[O-])cc1. The Morgan fingerprint density at radius 3 is 2.21 bits per heavy atom. The zero-order valence-corrected chi connectivity index (χ0v) is 14.1. The standard InChI is InChI=1S/C19H21NO4/c1-19(2,20(22)23)17(14-9-11-16(24-3)12-10-14)13-18(21)15-7-5-4-6-8-15/h4-12,17H,13H2,1-3H3. The number of nitrogens with zero attached hydrogens (tertiary/aromatic N) is 1. The Bertz CT molecular complexity index is 708. The van der Waals surface area contributed by atoms with Gasteiger partial charge >= 0.3 is 0 Å². The van der Waals surface area contributed by atoms with Crippen molar-refractivity contribution in [3.8, 4) is 5.75 Å². The highest BCUT2D eigenvalue weighted by atomic mass is 16.6. The van der Waals surface area contributed by atoms with Crippen molar-refractivity contribution in [2.45, 2.75) is 31.7 Å². The van der Waals surface area contributed by atoms with Gasteiger partial charge in [0.25, 0.3) is 0 Å². The van der Waals surface area contributed by atoms with E-state index in [9.17, 15) is 14.9 Å². The molecule has 0 aliphatic carbocycles. The molecule has 0 bridgehead atoms. The van der Waals surface area contributed by atoms with Crippen LogP contribution in [0.2, 0.25) is 0 Å². The average Bonchev–Trinajstić information content (AvgIpc) is 2.60. The topological polar surface area (TPSA) is 69.4 Å². The monoisotopic (exact) mass is 327 g/mol. The average molecular weight is 327 g/mol. The van der Waals surface area contributed by atoms with Crippen LogP contribution in [0, 0.1) is 10.1 Å². The summed E-state index contributed by atoms with van der Waals surface area (Å²) in [7, 11) is 1.56. The number of hydrogen-bond donors (Lipinski definition) is 0. The lowest BCUT2D eigenvalue weighted by molar-refractivity contribution is -0.565. The van der Waals surface area contributed by atoms with E-state index in [4.69, 9.17) is 4.74 Å². The Morgan fingerprint density at radius 2 is 1.71 bits per heavy atom. The normalized spacial score (nSPS) is 12.5. The molecule has 1 unspecified atom stereocenters. The van der Waals surface area contributed by atoms with E-state index in [1.807, 2.05) is 6.07 Å². The second-order valence-electron chi connectivity index (χ2n) is 6.23. The maximum absolute atomic E-state index is 12.6. The molecule has 0 radical (unpaired) electrons. The molecule has 0 fully saturated rings. The Balaban J connectivity index is 2.36. The van der Waals surface area contributed by atoms with Crippen LogP contribution >= 0.6 is 0 Å². The molecule has 0 heterocycles. The number of benzene rings is 2. The predicted molar refractivity (Wildman–Crippen MR) is 92.2 cm³/mol. The molecular formula is C19H21NO4. The molecule has 0 amide bonds. The first-order valence-electron chi connectivity index (χ1n) is 7.73. The predicted octanol–water partition coefficient (Wildman–Crippen LogP) is 4.11. The van der Waals surface area contributed by atoms with Crippen molar-refractivity contribution in [2.75, 3.05) is 7.11 Å². The van der Waals surface area contributed by atoms with Gasteiger partial charge in [-0.15, -0.1) is 0 Å². The minimum atomic E-state index is -1.26. The molecule has 24 heavy (non-hydrogen) atoms. The van der Waals surface area contributed by atoms with Crippen LogP contribution in [0.25, 0.3) is 0 Å². The molecule has 2 aromatic carbocycles. The molecule has 0 saturated carbocycles. The summed E-state index contributed by atoms with van der Waals surface area (Å²) >= 11 is 0. The summed E-state index contributed by atoms with van der Waals surface area (Å²) < 4.78 is 5.13. The first kappa shape index (κ1) is 17.7. The summed E-state index contributed by atoms with van der Waals surface area (Å²) in [6.45, 7) is 3.11. The molecule has 0 aliphatic rings. The van der Waals surface area contributed by atoms with Crippen molar-refractivity contribution in [1.29, 1.82) is 0 Å². The van der Waals surface area contributed by atoms with Crippen molar-refractivity contribution in [3.05, 3.63) is 75.8 Å². The summed E-state index contributed by atoms with van der Waals surface area (Å²) in [6.07, 6.45) is 0.0737. The van der Waals surface area contributed by atoms with Crippen LogP contribution in [0.15, 0.2) is 54.6 Å². The molecule has 2 rings (SSSR count). The van der Waals surface area contributed by atoms with E-state index in [1.54, 1.807) is 69.5 Å². The number of carbonyl (C=O) groups is 1. The van der Waals surface area contributed by atoms with Gasteiger partial charge in [-0.3, -0.25) is 14.9 Å². The summed E-state index contributed by atoms with van der Waals surface area (Å²) in [5.74, 6) is 0.0308. The highest BCUT2D eigenvalue weighted by Gasteiger charge is 2.42. The first-order valence-corrected chi connectivity index (χ1v) is 7.73. The number of Topliss-reactive ketones (excluding diaryl/α,β-unsaturated/α-hetero) is 1. The van der Waals surface area contributed by atoms with Crippen molar-refractivity contribution >= 4 is 5.78 Å². The number of rotatable bonds is 7. The quantitative estimate of drug-likeness (QED) is 0.436. The number of methoxy groups -OCH3 is 1. The molecule has 0 N–H and O–H groups in total. The number of ketones is 1. The Morgan fingerprint density at radius 1 is 1.12 bits per heavy atom. The van der Waals surface area contributed by atoms with E-state index in [2.05, 4.69) is 0 Å². The molecule has 0 aromatic heterocycles. The maximum atomic E-state index is 12.6. The molecule has 0 aliphatic heterocycles. The van der Waals surface area contributed by atoms with Crippen molar-refractivity contribution in [3.63, 3.8) is 0 Å². The molecule has 1 atom stereocenters. The second-order valence-corrected chi connectivity index (χ2v) is 6.23. The number of hydrogen-bond acceptors (Lipinski definition) is 4. The van der Waals surface area contributed by atoms with Gasteiger partial charge in [-0.1, -0.05) is 42.5 Å². The second kappa shape index (κ2) is 7.25. The van der Waals surface area contributed by atoms with Crippen LogP contribution in [0.3, 0.4) is 0 Å². The van der Waals surface area contributed by atoms with Gasteiger partial charge in [-0.2, -0.15) is 0 Å². The molecule has 5 nitrogen and oxygen atoms in total. The minimum Gasteiger partial charge on any atom is -0.497 e. The maximum Gasteiger partial charge on any atom is 0.223 e. The van der Waals surface area contributed by atoms with Gasteiger partial charge in [0, 0.05) is 30.8 Å². The molecule has 0 saturated heterocycles. The molecular weight excluding hydrogens is 306 g/mol. The number of carbonyl (C=O) groups excluding carboxylic acids is 1. The summed E-state index contributed by atoms with van der Waals surface area (Å²) in [4.78, 5) is 23.8. The third kappa shape index (κ3) is 3.79. The minimum absolute atomic E-state index is 0.0737. The number of nitro groups is 1. The van der Waals surface area contributed by atoms with E-state index in [0.717, 1.165) is 5.56 Å². The van der Waals surface area contributed by atoms with E-state index in [-0.39, 0.29) is 17.1 Å². The van der Waals surface area contributed by atoms with E-state index >= 15 is 0 Å².